The minimum Gasteiger partial charge on any atom is -0.493 e. The predicted octanol–water partition coefficient (Wildman–Crippen LogP) is 1.85. The van der Waals surface area contributed by atoms with E-state index in [1.807, 2.05) is 18.3 Å². The Balaban J connectivity index is 1.23. The fraction of sp³-hybridized carbons (Fsp3) is 0.400. The third kappa shape index (κ3) is 3.12. The third-order valence-electron chi connectivity index (χ3n) is 5.54. The van der Waals surface area contributed by atoms with E-state index in [0.717, 1.165) is 24.0 Å². The molecule has 5 rings (SSSR count). The Bertz CT molecular complexity index is 1080. The van der Waals surface area contributed by atoms with E-state index in [1.54, 1.807) is 33.7 Å². The first-order valence-corrected chi connectivity index (χ1v) is 9.66. The SMILES string of the molecule is COc1cccc2cc(C(=O)N3CC(n4cc(CN5CCCC5=O)nn4)C3)oc12. The largest absolute Gasteiger partial charge is 0.493 e. The summed E-state index contributed by atoms with van der Waals surface area (Å²) in [7, 11) is 1.57. The van der Waals surface area contributed by atoms with Crippen LogP contribution >= 0.6 is 0 Å². The number of fused-ring (bicyclic) bond motifs is 1. The van der Waals surface area contributed by atoms with Crippen molar-refractivity contribution in [1.82, 2.24) is 24.8 Å². The normalized spacial score (nSPS) is 17.2. The number of benzene rings is 1. The van der Waals surface area contributed by atoms with E-state index in [4.69, 9.17) is 9.15 Å². The molecule has 0 unspecified atom stereocenters. The van der Waals surface area contributed by atoms with Gasteiger partial charge in [0.15, 0.2) is 17.1 Å². The molecule has 2 aromatic heterocycles. The number of aromatic nitrogens is 3. The molecule has 150 valence electrons. The molecule has 2 amide bonds. The van der Waals surface area contributed by atoms with Crippen LogP contribution in [0, 0.1) is 0 Å². The third-order valence-corrected chi connectivity index (χ3v) is 5.54. The summed E-state index contributed by atoms with van der Waals surface area (Å²) < 4.78 is 12.8. The maximum Gasteiger partial charge on any atom is 0.289 e. The molecule has 29 heavy (non-hydrogen) atoms. The van der Waals surface area contributed by atoms with Gasteiger partial charge in [-0.3, -0.25) is 9.59 Å². The zero-order valence-electron chi connectivity index (χ0n) is 16.1. The maximum absolute atomic E-state index is 12.7. The molecule has 0 radical (unpaired) electrons. The average Bonchev–Trinajstić information content (AvgIpc) is 3.41. The van der Waals surface area contributed by atoms with E-state index in [1.165, 1.54) is 0 Å². The fourth-order valence-electron chi connectivity index (χ4n) is 3.88. The first-order valence-electron chi connectivity index (χ1n) is 9.66. The van der Waals surface area contributed by atoms with Gasteiger partial charge in [-0.1, -0.05) is 17.3 Å². The van der Waals surface area contributed by atoms with Gasteiger partial charge in [-0.2, -0.15) is 0 Å². The number of carbonyl (C=O) groups excluding carboxylic acids is 2. The number of nitrogens with zero attached hydrogens (tertiary/aromatic N) is 5. The summed E-state index contributed by atoms with van der Waals surface area (Å²) in [6, 6.07) is 7.38. The highest BCUT2D eigenvalue weighted by Gasteiger charge is 2.35. The number of para-hydroxylation sites is 1. The number of hydrogen-bond donors (Lipinski definition) is 0. The van der Waals surface area contributed by atoms with Crippen LogP contribution in [0.4, 0.5) is 0 Å². The van der Waals surface area contributed by atoms with Gasteiger partial charge in [0.1, 0.15) is 5.69 Å². The van der Waals surface area contributed by atoms with Crippen molar-refractivity contribution in [3.8, 4) is 5.75 Å². The smallest absolute Gasteiger partial charge is 0.289 e. The van der Waals surface area contributed by atoms with Gasteiger partial charge in [0, 0.05) is 31.4 Å². The lowest BCUT2D eigenvalue weighted by atomic mass is 10.1. The molecular weight excluding hydrogens is 374 g/mol. The Kier molecular flexibility index (Phi) is 4.22. The lowest BCUT2D eigenvalue weighted by Crippen LogP contribution is -2.50. The highest BCUT2D eigenvalue weighted by Crippen LogP contribution is 2.30. The number of amides is 2. The zero-order valence-corrected chi connectivity index (χ0v) is 16.1. The second kappa shape index (κ2) is 6.91. The van der Waals surface area contributed by atoms with Crippen molar-refractivity contribution < 1.29 is 18.7 Å². The van der Waals surface area contributed by atoms with Crippen LogP contribution in [-0.4, -0.2) is 63.4 Å². The summed E-state index contributed by atoms with van der Waals surface area (Å²) in [5, 5.41) is 9.19. The maximum atomic E-state index is 12.7. The fourth-order valence-corrected chi connectivity index (χ4v) is 3.88. The Labute approximate surface area is 166 Å². The second-order valence-corrected chi connectivity index (χ2v) is 7.46. The molecule has 2 aliphatic heterocycles. The van der Waals surface area contributed by atoms with E-state index in [9.17, 15) is 9.59 Å². The molecule has 9 heteroatoms. The minimum absolute atomic E-state index is 0.0772. The monoisotopic (exact) mass is 395 g/mol. The minimum atomic E-state index is -0.150. The van der Waals surface area contributed by atoms with E-state index < -0.39 is 0 Å². The quantitative estimate of drug-likeness (QED) is 0.655. The molecule has 2 aliphatic rings. The number of rotatable bonds is 5. The molecule has 2 fully saturated rings. The van der Waals surface area contributed by atoms with E-state index in [0.29, 0.717) is 43.1 Å². The number of furan rings is 1. The average molecular weight is 395 g/mol. The summed E-state index contributed by atoms with van der Waals surface area (Å²) in [5.74, 6) is 0.925. The second-order valence-electron chi connectivity index (χ2n) is 7.46. The van der Waals surface area contributed by atoms with Crippen molar-refractivity contribution in [2.75, 3.05) is 26.7 Å². The number of ether oxygens (including phenoxy) is 1. The van der Waals surface area contributed by atoms with Crippen LogP contribution in [0.2, 0.25) is 0 Å². The van der Waals surface area contributed by atoms with Crippen molar-refractivity contribution >= 4 is 22.8 Å². The molecular formula is C20H21N5O4. The molecule has 0 N–H and O–H groups in total. The van der Waals surface area contributed by atoms with Crippen LogP contribution in [0.3, 0.4) is 0 Å². The predicted molar refractivity (Wildman–Crippen MR) is 102 cm³/mol. The van der Waals surface area contributed by atoms with Crippen LogP contribution in [0.5, 0.6) is 5.75 Å². The summed E-state index contributed by atoms with van der Waals surface area (Å²) in [4.78, 5) is 28.0. The van der Waals surface area contributed by atoms with E-state index in [-0.39, 0.29) is 17.9 Å². The van der Waals surface area contributed by atoms with Gasteiger partial charge in [-0.05, 0) is 18.6 Å². The Hall–Kier alpha value is -3.36. The topological polar surface area (TPSA) is 93.7 Å². The lowest BCUT2D eigenvalue weighted by Gasteiger charge is -2.38. The summed E-state index contributed by atoms with van der Waals surface area (Å²) >= 11 is 0. The molecule has 1 aromatic carbocycles. The van der Waals surface area contributed by atoms with Crippen molar-refractivity contribution in [2.45, 2.75) is 25.4 Å². The van der Waals surface area contributed by atoms with Crippen LogP contribution in [0.1, 0.15) is 35.1 Å². The molecule has 0 aliphatic carbocycles. The first-order chi connectivity index (χ1) is 14.1. The van der Waals surface area contributed by atoms with Crippen molar-refractivity contribution in [2.24, 2.45) is 0 Å². The van der Waals surface area contributed by atoms with Gasteiger partial charge in [0.2, 0.25) is 5.91 Å². The van der Waals surface area contributed by atoms with Crippen molar-refractivity contribution in [3.05, 3.63) is 41.9 Å². The molecule has 0 atom stereocenters. The zero-order chi connectivity index (χ0) is 20.0. The highest BCUT2D eigenvalue weighted by atomic mass is 16.5. The van der Waals surface area contributed by atoms with Gasteiger partial charge in [0.25, 0.3) is 5.91 Å². The van der Waals surface area contributed by atoms with Crippen LogP contribution in [-0.2, 0) is 11.3 Å². The van der Waals surface area contributed by atoms with Crippen molar-refractivity contribution in [1.29, 1.82) is 0 Å². The molecule has 3 aromatic rings. The van der Waals surface area contributed by atoms with E-state index >= 15 is 0 Å². The Morgan fingerprint density at radius 3 is 2.97 bits per heavy atom. The number of likely N-dealkylation sites (tertiary alicyclic amines) is 2. The van der Waals surface area contributed by atoms with Crippen molar-refractivity contribution in [3.63, 3.8) is 0 Å². The summed E-state index contributed by atoms with van der Waals surface area (Å²) in [5.41, 5.74) is 1.35. The molecule has 9 nitrogen and oxygen atoms in total. The van der Waals surface area contributed by atoms with Gasteiger partial charge in [-0.15, -0.1) is 5.10 Å². The molecule has 4 heterocycles. The van der Waals surface area contributed by atoms with Crippen LogP contribution < -0.4 is 4.74 Å². The summed E-state index contributed by atoms with van der Waals surface area (Å²) in [6.45, 7) is 2.35. The molecule has 0 bridgehead atoms. The van der Waals surface area contributed by atoms with Gasteiger partial charge >= 0.3 is 0 Å². The number of hydrogen-bond acceptors (Lipinski definition) is 6. The standard InChI is InChI=1S/C20H21N5O4/c1-28-16-5-2-4-13-8-17(29-19(13)16)20(27)24-11-15(12-24)25-10-14(21-22-25)9-23-7-3-6-18(23)26/h2,4-5,8,10,15H,3,6-7,9,11-12H2,1H3. The Morgan fingerprint density at radius 2 is 2.21 bits per heavy atom. The summed E-state index contributed by atoms with van der Waals surface area (Å²) in [6.07, 6.45) is 3.38. The lowest BCUT2D eigenvalue weighted by molar-refractivity contribution is -0.128. The highest BCUT2D eigenvalue weighted by molar-refractivity contribution is 5.97. The van der Waals surface area contributed by atoms with Crippen LogP contribution in [0.15, 0.2) is 34.9 Å². The van der Waals surface area contributed by atoms with Gasteiger partial charge in [0.05, 0.1) is 25.9 Å². The Morgan fingerprint density at radius 1 is 1.34 bits per heavy atom. The van der Waals surface area contributed by atoms with Gasteiger partial charge < -0.3 is 19.0 Å². The van der Waals surface area contributed by atoms with E-state index in [2.05, 4.69) is 10.3 Å². The van der Waals surface area contributed by atoms with Crippen LogP contribution in [0.25, 0.3) is 11.0 Å². The number of carbonyl (C=O) groups is 2. The molecule has 0 saturated carbocycles. The van der Waals surface area contributed by atoms with Gasteiger partial charge in [-0.25, -0.2) is 4.68 Å². The number of methoxy groups -OCH3 is 1. The molecule has 2 saturated heterocycles. The molecule has 0 spiro atoms. The first kappa shape index (κ1) is 17.7.